The summed E-state index contributed by atoms with van der Waals surface area (Å²) in [4.78, 5) is 13.7. The molecule has 0 bridgehead atoms. The Bertz CT molecular complexity index is 370. The Balaban J connectivity index is 2.81. The topological polar surface area (TPSA) is 50.3 Å². The predicted octanol–water partition coefficient (Wildman–Crippen LogP) is 0.647. The summed E-state index contributed by atoms with van der Waals surface area (Å²) in [6, 6.07) is 0. The number of hydrogen-bond acceptors (Lipinski definition) is 3. The van der Waals surface area contributed by atoms with Crippen LogP contribution in [0.1, 0.15) is 5.69 Å². The molecule has 1 aromatic rings. The summed E-state index contributed by atoms with van der Waals surface area (Å²) in [6.45, 7) is 1.87. The molecule has 0 radical (unpaired) electrons. The van der Waals surface area contributed by atoms with Gasteiger partial charge in [0.2, 0.25) is 0 Å². The average molecular weight is 278 g/mol. The zero-order valence-electron chi connectivity index (χ0n) is 9.21. The second kappa shape index (κ2) is 5.48. The van der Waals surface area contributed by atoms with Gasteiger partial charge in [-0.3, -0.25) is 14.6 Å². The van der Waals surface area contributed by atoms with E-state index in [1.54, 1.807) is 11.8 Å². The maximum Gasteiger partial charge on any atom is 0.281 e. The molecule has 0 fully saturated rings. The lowest BCUT2D eigenvalue weighted by atomic mass is 10.5. The van der Waals surface area contributed by atoms with Gasteiger partial charge in [-0.15, -0.1) is 0 Å². The van der Waals surface area contributed by atoms with Crippen LogP contribution in [0.2, 0.25) is 0 Å². The van der Waals surface area contributed by atoms with Crippen molar-refractivity contribution in [1.29, 1.82) is 0 Å². The van der Waals surface area contributed by atoms with Crippen LogP contribution >= 0.6 is 15.9 Å². The molecule has 0 saturated carbocycles. The molecule has 0 aromatic carbocycles. The van der Waals surface area contributed by atoms with Gasteiger partial charge in [0.15, 0.2) is 0 Å². The van der Waals surface area contributed by atoms with Crippen molar-refractivity contribution >= 4 is 15.9 Å². The number of aromatic amines is 1. The van der Waals surface area contributed by atoms with Gasteiger partial charge in [0, 0.05) is 13.7 Å². The largest absolute Gasteiger partial charge is 0.378 e. The van der Waals surface area contributed by atoms with E-state index >= 15 is 0 Å². The minimum absolute atomic E-state index is 0.0381. The summed E-state index contributed by atoms with van der Waals surface area (Å²) in [7, 11) is 5.54. The monoisotopic (exact) mass is 277 g/mol. The number of rotatable bonds is 5. The quantitative estimate of drug-likeness (QED) is 0.860. The number of ether oxygens (including phenoxy) is 1. The third-order valence-corrected chi connectivity index (χ3v) is 2.85. The number of aromatic nitrogens is 2. The lowest BCUT2D eigenvalue weighted by Crippen LogP contribution is -2.25. The molecule has 5 nitrogen and oxygen atoms in total. The molecule has 0 amide bonds. The molecule has 1 heterocycles. The highest BCUT2D eigenvalue weighted by molar-refractivity contribution is 9.10. The number of nitrogens with zero attached hydrogens (tertiary/aromatic N) is 2. The number of H-pyrrole nitrogens is 1. The van der Waals surface area contributed by atoms with Crippen molar-refractivity contribution in [3.63, 3.8) is 0 Å². The molecule has 0 atom stereocenters. The van der Waals surface area contributed by atoms with E-state index in [1.807, 2.05) is 19.0 Å². The second-order valence-electron chi connectivity index (χ2n) is 3.60. The van der Waals surface area contributed by atoms with E-state index in [-0.39, 0.29) is 5.56 Å². The van der Waals surface area contributed by atoms with E-state index < -0.39 is 0 Å². The molecule has 1 aromatic heterocycles. The lowest BCUT2D eigenvalue weighted by molar-refractivity contribution is 0.180. The molecule has 0 aliphatic rings. The lowest BCUT2D eigenvalue weighted by Gasteiger charge is -2.08. The molecular formula is C9H16BrN3O2. The van der Waals surface area contributed by atoms with Crippen molar-refractivity contribution in [3.05, 3.63) is 20.5 Å². The van der Waals surface area contributed by atoms with E-state index in [9.17, 15) is 4.79 Å². The van der Waals surface area contributed by atoms with Gasteiger partial charge in [0.05, 0.1) is 18.8 Å². The average Bonchev–Trinajstić information content (AvgIpc) is 2.44. The summed E-state index contributed by atoms with van der Waals surface area (Å²) in [5.41, 5.74) is 0.741. The zero-order valence-corrected chi connectivity index (χ0v) is 10.8. The van der Waals surface area contributed by atoms with Crippen molar-refractivity contribution in [2.24, 2.45) is 0 Å². The van der Waals surface area contributed by atoms with E-state index in [1.165, 1.54) is 0 Å². The Morgan fingerprint density at radius 3 is 2.73 bits per heavy atom. The van der Waals surface area contributed by atoms with E-state index in [4.69, 9.17) is 4.74 Å². The van der Waals surface area contributed by atoms with Crippen molar-refractivity contribution in [2.75, 3.05) is 27.7 Å². The number of methoxy groups -OCH3 is 1. The minimum atomic E-state index is -0.0381. The van der Waals surface area contributed by atoms with Gasteiger partial charge in [-0.05, 0) is 30.0 Å². The number of likely N-dealkylation sites (N-methyl/N-ethyl adjacent to an activating group) is 1. The first kappa shape index (κ1) is 12.5. The summed E-state index contributed by atoms with van der Waals surface area (Å²) in [5.74, 6) is 0. The first-order valence-electron chi connectivity index (χ1n) is 4.67. The Morgan fingerprint density at radius 1 is 1.53 bits per heavy atom. The van der Waals surface area contributed by atoms with Gasteiger partial charge >= 0.3 is 0 Å². The van der Waals surface area contributed by atoms with Crippen molar-refractivity contribution in [3.8, 4) is 0 Å². The van der Waals surface area contributed by atoms with Crippen LogP contribution in [0.25, 0.3) is 0 Å². The van der Waals surface area contributed by atoms with Crippen molar-refractivity contribution in [2.45, 2.75) is 13.2 Å². The first-order valence-corrected chi connectivity index (χ1v) is 5.46. The fourth-order valence-corrected chi connectivity index (χ4v) is 1.62. The minimum Gasteiger partial charge on any atom is -0.378 e. The number of hydrogen-bond donors (Lipinski definition) is 1. The molecular weight excluding hydrogens is 262 g/mol. The van der Waals surface area contributed by atoms with Crippen LogP contribution in [0.5, 0.6) is 0 Å². The summed E-state index contributed by atoms with van der Waals surface area (Å²) < 4.78 is 7.12. The van der Waals surface area contributed by atoms with E-state index in [0.717, 1.165) is 12.2 Å². The SMILES string of the molecule is COCc1[nH]n(CCN(C)C)c(=O)c1Br. The van der Waals surface area contributed by atoms with Crippen LogP contribution in [-0.4, -0.2) is 42.4 Å². The van der Waals surface area contributed by atoms with Crippen LogP contribution in [-0.2, 0) is 17.9 Å². The molecule has 1 rings (SSSR count). The van der Waals surface area contributed by atoms with Gasteiger partial charge in [-0.2, -0.15) is 0 Å². The van der Waals surface area contributed by atoms with Gasteiger partial charge in [0.1, 0.15) is 4.47 Å². The van der Waals surface area contributed by atoms with Crippen LogP contribution < -0.4 is 5.56 Å². The van der Waals surface area contributed by atoms with Crippen molar-refractivity contribution < 1.29 is 4.74 Å². The molecule has 15 heavy (non-hydrogen) atoms. The van der Waals surface area contributed by atoms with Crippen LogP contribution in [0.3, 0.4) is 0 Å². The second-order valence-corrected chi connectivity index (χ2v) is 4.39. The summed E-state index contributed by atoms with van der Waals surface area (Å²) in [6.07, 6.45) is 0. The molecule has 0 aliphatic heterocycles. The molecule has 1 N–H and O–H groups in total. The fourth-order valence-electron chi connectivity index (χ4n) is 1.21. The van der Waals surface area contributed by atoms with Gasteiger partial charge < -0.3 is 9.64 Å². The highest BCUT2D eigenvalue weighted by atomic mass is 79.9. The van der Waals surface area contributed by atoms with Crippen molar-refractivity contribution in [1.82, 2.24) is 14.7 Å². The predicted molar refractivity (Wildman–Crippen MR) is 62.0 cm³/mol. The Labute approximate surface area is 97.1 Å². The normalized spacial score (nSPS) is 11.3. The number of halogens is 1. The number of nitrogens with one attached hydrogen (secondary N) is 1. The molecule has 0 spiro atoms. The van der Waals surface area contributed by atoms with Gasteiger partial charge in [-0.1, -0.05) is 0 Å². The van der Waals surface area contributed by atoms with Crippen LogP contribution in [0, 0.1) is 0 Å². The Kier molecular flexibility index (Phi) is 4.56. The third kappa shape index (κ3) is 3.19. The maximum atomic E-state index is 11.7. The van der Waals surface area contributed by atoms with Gasteiger partial charge in [-0.25, -0.2) is 0 Å². The zero-order chi connectivity index (χ0) is 11.4. The van der Waals surface area contributed by atoms with Crippen LogP contribution in [0.4, 0.5) is 0 Å². The van der Waals surface area contributed by atoms with E-state index in [0.29, 0.717) is 17.6 Å². The first-order chi connectivity index (χ1) is 7.06. The Hall–Kier alpha value is -0.590. The van der Waals surface area contributed by atoms with Gasteiger partial charge in [0.25, 0.3) is 5.56 Å². The summed E-state index contributed by atoms with van der Waals surface area (Å²) in [5, 5.41) is 3.01. The molecule has 86 valence electrons. The molecule has 0 aliphatic carbocycles. The van der Waals surface area contributed by atoms with E-state index in [2.05, 4.69) is 21.0 Å². The highest BCUT2D eigenvalue weighted by Gasteiger charge is 2.10. The van der Waals surface area contributed by atoms with Crippen LogP contribution in [0.15, 0.2) is 9.27 Å². The molecule has 6 heteroatoms. The standard InChI is InChI=1S/C9H16BrN3O2/c1-12(2)4-5-13-9(14)8(10)7(11-13)6-15-3/h11H,4-6H2,1-3H3. The Morgan fingerprint density at radius 2 is 2.20 bits per heavy atom. The molecule has 0 unspecified atom stereocenters. The smallest absolute Gasteiger partial charge is 0.281 e. The third-order valence-electron chi connectivity index (χ3n) is 2.03. The molecule has 0 saturated heterocycles. The maximum absolute atomic E-state index is 11.7. The highest BCUT2D eigenvalue weighted by Crippen LogP contribution is 2.10. The summed E-state index contributed by atoms with van der Waals surface area (Å²) >= 11 is 3.25. The fraction of sp³-hybridized carbons (Fsp3) is 0.667.